The van der Waals surface area contributed by atoms with E-state index in [1.165, 1.54) is 18.4 Å². The van der Waals surface area contributed by atoms with Gasteiger partial charge >= 0.3 is 0 Å². The monoisotopic (exact) mass is 516 g/mol. The first-order valence-electron chi connectivity index (χ1n) is 9.80. The molecule has 5 aromatic rings. The number of ether oxygens (including phenoxy) is 2. The molecular formula is C24H15Cl3N2O3S. The van der Waals surface area contributed by atoms with Gasteiger partial charge in [-0.25, -0.2) is 9.38 Å². The Morgan fingerprint density at radius 2 is 1.85 bits per heavy atom. The molecule has 0 spiro atoms. The maximum Gasteiger partial charge on any atom is 0.274 e. The van der Waals surface area contributed by atoms with E-state index in [4.69, 9.17) is 44.3 Å². The molecule has 0 amide bonds. The van der Waals surface area contributed by atoms with Gasteiger partial charge in [-0.3, -0.25) is 4.79 Å². The van der Waals surface area contributed by atoms with Crippen molar-refractivity contribution in [2.24, 2.45) is 0 Å². The topological polar surface area (TPSA) is 52.8 Å². The van der Waals surface area contributed by atoms with Crippen molar-refractivity contribution >= 4 is 68.2 Å². The van der Waals surface area contributed by atoms with Crippen LogP contribution in [0.15, 0.2) is 59.4 Å². The standard InChI is InChI=1S/C24H15Cl3N2O3S/c1-31-20-10-14(9-17(27)22(20)32-12-13-6-7-15(25)16(26)8-13)11-21-23(30)29-19-5-3-2-4-18(19)28-24(29)33-21/h2-11H,12H2,1H3/b21-11-. The quantitative estimate of drug-likeness (QED) is 0.287. The van der Waals surface area contributed by atoms with Crippen LogP contribution in [-0.4, -0.2) is 16.5 Å². The smallest absolute Gasteiger partial charge is 0.274 e. The van der Waals surface area contributed by atoms with Crippen LogP contribution in [0.1, 0.15) is 11.1 Å². The minimum Gasteiger partial charge on any atom is -0.493 e. The Balaban J connectivity index is 1.50. The minimum atomic E-state index is -0.126. The molecule has 0 fully saturated rings. The first-order valence-corrected chi connectivity index (χ1v) is 11.8. The van der Waals surface area contributed by atoms with Crippen molar-refractivity contribution in [1.82, 2.24) is 9.38 Å². The Hall–Kier alpha value is -2.77. The number of hydrogen-bond donors (Lipinski definition) is 0. The Morgan fingerprint density at radius 1 is 1.03 bits per heavy atom. The fourth-order valence-electron chi connectivity index (χ4n) is 3.51. The third-order valence-electron chi connectivity index (χ3n) is 5.06. The molecule has 2 heterocycles. The second kappa shape index (κ2) is 8.88. The summed E-state index contributed by atoms with van der Waals surface area (Å²) in [7, 11) is 1.53. The SMILES string of the molecule is COc1cc(/C=c2\sc3nc4ccccc4n3c2=O)cc(Cl)c1OCc1ccc(Cl)c(Cl)c1. The van der Waals surface area contributed by atoms with Crippen LogP contribution in [0.3, 0.4) is 0 Å². The first kappa shape index (κ1) is 22.0. The summed E-state index contributed by atoms with van der Waals surface area (Å²) >= 11 is 19.9. The van der Waals surface area contributed by atoms with Gasteiger partial charge < -0.3 is 9.47 Å². The molecular weight excluding hydrogens is 503 g/mol. The van der Waals surface area contributed by atoms with Gasteiger partial charge in [0, 0.05) is 0 Å². The Labute approximate surface area is 207 Å². The van der Waals surface area contributed by atoms with E-state index in [1.807, 2.05) is 30.3 Å². The van der Waals surface area contributed by atoms with Crippen molar-refractivity contribution in [3.63, 3.8) is 0 Å². The Morgan fingerprint density at radius 3 is 2.64 bits per heavy atom. The number of fused-ring (bicyclic) bond motifs is 3. The largest absolute Gasteiger partial charge is 0.493 e. The lowest BCUT2D eigenvalue weighted by Crippen LogP contribution is -2.22. The van der Waals surface area contributed by atoms with E-state index in [1.54, 1.807) is 34.7 Å². The van der Waals surface area contributed by atoms with Crippen molar-refractivity contribution in [1.29, 1.82) is 0 Å². The van der Waals surface area contributed by atoms with Crippen molar-refractivity contribution in [3.05, 3.63) is 95.7 Å². The van der Waals surface area contributed by atoms with Gasteiger partial charge in [0.05, 0.1) is 37.7 Å². The van der Waals surface area contributed by atoms with Gasteiger partial charge in [0.25, 0.3) is 5.56 Å². The van der Waals surface area contributed by atoms with Crippen molar-refractivity contribution in [2.75, 3.05) is 7.11 Å². The summed E-state index contributed by atoms with van der Waals surface area (Å²) in [6, 6.07) is 16.3. The Kier molecular flexibility index (Phi) is 5.93. The highest BCUT2D eigenvalue weighted by Gasteiger charge is 2.14. The normalized spacial score (nSPS) is 12.1. The number of methoxy groups -OCH3 is 1. The number of halogens is 3. The zero-order valence-corrected chi connectivity index (χ0v) is 20.2. The van der Waals surface area contributed by atoms with Gasteiger partial charge in [-0.05, 0) is 53.6 Å². The van der Waals surface area contributed by atoms with Crippen molar-refractivity contribution < 1.29 is 9.47 Å². The van der Waals surface area contributed by atoms with Crippen LogP contribution in [0.5, 0.6) is 11.5 Å². The van der Waals surface area contributed by atoms with Crippen molar-refractivity contribution in [2.45, 2.75) is 6.61 Å². The Bertz CT molecular complexity index is 1630. The lowest BCUT2D eigenvalue weighted by Gasteiger charge is -2.13. The molecule has 0 N–H and O–H groups in total. The molecule has 0 bridgehead atoms. The second-order valence-electron chi connectivity index (χ2n) is 7.21. The predicted octanol–water partition coefficient (Wildman–Crippen LogP) is 6.00. The molecule has 166 valence electrons. The molecule has 0 atom stereocenters. The second-order valence-corrected chi connectivity index (χ2v) is 9.44. The average Bonchev–Trinajstić information content (AvgIpc) is 3.31. The van der Waals surface area contributed by atoms with Gasteiger partial charge in [0.2, 0.25) is 0 Å². The molecule has 3 aromatic carbocycles. The summed E-state index contributed by atoms with van der Waals surface area (Å²) in [5.41, 5.74) is 3.00. The lowest BCUT2D eigenvalue weighted by molar-refractivity contribution is 0.284. The predicted molar refractivity (Wildman–Crippen MR) is 134 cm³/mol. The number of hydrogen-bond acceptors (Lipinski definition) is 5. The van der Waals surface area contributed by atoms with Crippen LogP contribution in [0.25, 0.3) is 22.1 Å². The fourth-order valence-corrected chi connectivity index (χ4v) is 5.09. The zero-order chi connectivity index (χ0) is 23.1. The summed E-state index contributed by atoms with van der Waals surface area (Å²) in [6.45, 7) is 0.232. The number of rotatable bonds is 5. The number of benzene rings is 3. The van der Waals surface area contributed by atoms with E-state index >= 15 is 0 Å². The van der Waals surface area contributed by atoms with Crippen LogP contribution in [-0.2, 0) is 6.61 Å². The molecule has 0 aliphatic heterocycles. The van der Waals surface area contributed by atoms with Crippen molar-refractivity contribution in [3.8, 4) is 11.5 Å². The molecule has 9 heteroatoms. The number of imidazole rings is 1. The van der Waals surface area contributed by atoms with Crippen LogP contribution >= 0.6 is 46.1 Å². The third-order valence-corrected chi connectivity index (χ3v) is 7.05. The van der Waals surface area contributed by atoms with E-state index in [2.05, 4.69) is 4.98 Å². The third kappa shape index (κ3) is 4.15. The fraction of sp³-hybridized carbons (Fsp3) is 0.0833. The molecule has 5 nitrogen and oxygen atoms in total. The van der Waals surface area contributed by atoms with E-state index in [9.17, 15) is 4.79 Å². The average molecular weight is 518 g/mol. The number of aromatic nitrogens is 2. The molecule has 0 saturated carbocycles. The summed E-state index contributed by atoms with van der Waals surface area (Å²) in [5.74, 6) is 0.852. The van der Waals surface area contributed by atoms with Gasteiger partial charge in [-0.1, -0.05) is 64.3 Å². The summed E-state index contributed by atoms with van der Waals surface area (Å²) in [6.07, 6.45) is 1.77. The molecule has 0 unspecified atom stereocenters. The molecule has 33 heavy (non-hydrogen) atoms. The van der Waals surface area contributed by atoms with E-state index < -0.39 is 0 Å². The molecule has 0 aliphatic carbocycles. The molecule has 0 radical (unpaired) electrons. The van der Waals surface area contributed by atoms with Gasteiger partial charge in [-0.15, -0.1) is 0 Å². The zero-order valence-electron chi connectivity index (χ0n) is 17.1. The highest BCUT2D eigenvalue weighted by atomic mass is 35.5. The summed E-state index contributed by atoms with van der Waals surface area (Å²) in [5, 5.41) is 1.28. The molecule has 0 aliphatic rings. The minimum absolute atomic E-state index is 0.126. The summed E-state index contributed by atoms with van der Waals surface area (Å²) < 4.78 is 13.6. The molecule has 5 rings (SSSR count). The summed E-state index contributed by atoms with van der Waals surface area (Å²) in [4.78, 5) is 18.2. The molecule has 0 saturated heterocycles. The lowest BCUT2D eigenvalue weighted by atomic mass is 10.2. The van der Waals surface area contributed by atoms with Gasteiger partial charge in [-0.2, -0.15) is 0 Å². The van der Waals surface area contributed by atoms with Crippen LogP contribution < -0.4 is 19.6 Å². The molecule has 2 aromatic heterocycles. The maximum atomic E-state index is 13.0. The van der Waals surface area contributed by atoms with E-state index in [0.29, 0.717) is 41.6 Å². The van der Waals surface area contributed by atoms with E-state index in [-0.39, 0.29) is 12.2 Å². The first-order chi connectivity index (χ1) is 15.9. The van der Waals surface area contributed by atoms with Crippen LogP contribution in [0, 0.1) is 0 Å². The van der Waals surface area contributed by atoms with Gasteiger partial charge in [0.15, 0.2) is 16.5 Å². The number of thiazole rings is 1. The number of nitrogens with zero attached hydrogens (tertiary/aromatic N) is 2. The highest BCUT2D eigenvalue weighted by Crippen LogP contribution is 2.37. The van der Waals surface area contributed by atoms with Gasteiger partial charge in [0.1, 0.15) is 6.61 Å². The van der Waals surface area contributed by atoms with Crippen LogP contribution in [0.2, 0.25) is 15.1 Å². The maximum absolute atomic E-state index is 13.0. The number of para-hydroxylation sites is 2. The van der Waals surface area contributed by atoms with Crippen LogP contribution in [0.4, 0.5) is 0 Å². The highest BCUT2D eigenvalue weighted by molar-refractivity contribution is 7.15. The van der Waals surface area contributed by atoms with E-state index in [0.717, 1.165) is 16.6 Å².